The van der Waals surface area contributed by atoms with E-state index >= 15 is 0 Å². The molecule has 2 heterocycles. The van der Waals surface area contributed by atoms with Crippen molar-refractivity contribution in [2.75, 3.05) is 12.4 Å². The highest BCUT2D eigenvalue weighted by molar-refractivity contribution is 7.90. The number of nitrogens with zero attached hydrogens (tertiary/aromatic N) is 2. The minimum atomic E-state index is -4.08. The maximum absolute atomic E-state index is 12.5. The highest BCUT2D eigenvalue weighted by Crippen LogP contribution is 2.21. The molecule has 3 N–H and O–H groups in total. The van der Waals surface area contributed by atoms with Gasteiger partial charge in [-0.15, -0.1) is 0 Å². The number of rotatable bonds is 4. The van der Waals surface area contributed by atoms with Gasteiger partial charge in [-0.2, -0.15) is 4.98 Å². The molecular formula is C15H15N5O4S. The number of fused-ring (bicyclic) bond motifs is 1. The van der Waals surface area contributed by atoms with Crippen molar-refractivity contribution in [2.45, 2.75) is 11.8 Å². The first-order valence-electron chi connectivity index (χ1n) is 7.18. The van der Waals surface area contributed by atoms with Gasteiger partial charge in [-0.25, -0.2) is 22.9 Å². The molecule has 0 aliphatic carbocycles. The third-order valence-electron chi connectivity index (χ3n) is 3.33. The van der Waals surface area contributed by atoms with E-state index in [9.17, 15) is 13.2 Å². The smallest absolute Gasteiger partial charge is 0.335 e. The van der Waals surface area contributed by atoms with E-state index in [-0.39, 0.29) is 16.7 Å². The molecule has 1 aromatic carbocycles. The zero-order chi connectivity index (χ0) is 18.0. The van der Waals surface area contributed by atoms with Crippen LogP contribution in [0.3, 0.4) is 0 Å². The number of aromatic amines is 1. The lowest BCUT2D eigenvalue weighted by Gasteiger charge is -2.09. The van der Waals surface area contributed by atoms with Crippen LogP contribution in [0.2, 0.25) is 0 Å². The number of ether oxygens (including phenoxy) is 1. The number of aromatic nitrogens is 3. The zero-order valence-electron chi connectivity index (χ0n) is 13.4. The number of para-hydroxylation sites is 1. The summed E-state index contributed by atoms with van der Waals surface area (Å²) < 4.78 is 31.9. The highest BCUT2D eigenvalue weighted by Gasteiger charge is 2.21. The number of H-pyrrole nitrogens is 1. The number of carbonyl (C=O) groups is 1. The van der Waals surface area contributed by atoms with Crippen molar-refractivity contribution in [3.63, 3.8) is 0 Å². The first kappa shape index (κ1) is 16.7. The number of benzene rings is 1. The van der Waals surface area contributed by atoms with Gasteiger partial charge in [-0.3, -0.25) is 5.32 Å². The van der Waals surface area contributed by atoms with Crippen LogP contribution < -0.4 is 14.8 Å². The molecule has 0 aliphatic rings. The molecule has 0 radical (unpaired) electrons. The van der Waals surface area contributed by atoms with E-state index in [4.69, 9.17) is 4.74 Å². The molecule has 25 heavy (non-hydrogen) atoms. The largest absolute Gasteiger partial charge is 0.481 e. The van der Waals surface area contributed by atoms with Crippen LogP contribution in [0.1, 0.15) is 5.69 Å². The minimum absolute atomic E-state index is 0.0344. The first-order valence-corrected chi connectivity index (χ1v) is 8.67. The fraction of sp³-hybridized carbons (Fsp3) is 0.133. The van der Waals surface area contributed by atoms with Gasteiger partial charge in [0, 0.05) is 23.3 Å². The first-order chi connectivity index (χ1) is 11.9. The number of nitrogens with one attached hydrogen (secondary N) is 3. The maximum atomic E-state index is 12.5. The molecule has 3 rings (SSSR count). The van der Waals surface area contributed by atoms with Gasteiger partial charge in [-0.1, -0.05) is 12.1 Å². The van der Waals surface area contributed by atoms with Crippen LogP contribution >= 0.6 is 0 Å². The molecule has 0 bridgehead atoms. The van der Waals surface area contributed by atoms with E-state index in [1.807, 2.05) is 4.72 Å². The van der Waals surface area contributed by atoms with Crippen LogP contribution in [0.15, 0.2) is 41.4 Å². The van der Waals surface area contributed by atoms with Gasteiger partial charge in [0.1, 0.15) is 4.90 Å². The summed E-state index contributed by atoms with van der Waals surface area (Å²) >= 11 is 0. The average Bonchev–Trinajstić information content (AvgIpc) is 3.01. The van der Waals surface area contributed by atoms with E-state index < -0.39 is 16.1 Å². The molecule has 0 unspecified atom stereocenters. The number of hydrogen-bond acceptors (Lipinski definition) is 6. The molecule has 130 valence electrons. The molecule has 0 spiro atoms. The fourth-order valence-corrected chi connectivity index (χ4v) is 3.39. The fourth-order valence-electron chi connectivity index (χ4n) is 2.28. The summed E-state index contributed by atoms with van der Waals surface area (Å²) in [6.07, 6.45) is 1.62. The predicted molar refractivity (Wildman–Crippen MR) is 91.0 cm³/mol. The molecular weight excluding hydrogens is 346 g/mol. The van der Waals surface area contributed by atoms with Crippen LogP contribution in [0, 0.1) is 6.92 Å². The Morgan fingerprint density at radius 1 is 1.24 bits per heavy atom. The molecule has 2 aromatic heterocycles. The Morgan fingerprint density at radius 2 is 2.04 bits per heavy atom. The molecule has 9 nitrogen and oxygen atoms in total. The summed E-state index contributed by atoms with van der Waals surface area (Å²) in [7, 11) is -2.66. The van der Waals surface area contributed by atoms with Crippen molar-refractivity contribution in [3.8, 4) is 5.88 Å². The minimum Gasteiger partial charge on any atom is -0.481 e. The van der Waals surface area contributed by atoms with Gasteiger partial charge in [0.05, 0.1) is 12.6 Å². The summed E-state index contributed by atoms with van der Waals surface area (Å²) in [5.41, 5.74) is 0.970. The van der Waals surface area contributed by atoms with Crippen molar-refractivity contribution >= 4 is 32.9 Å². The maximum Gasteiger partial charge on any atom is 0.335 e. The number of hydrogen-bond donors (Lipinski definition) is 3. The third kappa shape index (κ3) is 3.53. The normalized spacial score (nSPS) is 11.3. The van der Waals surface area contributed by atoms with Crippen molar-refractivity contribution in [3.05, 3.63) is 42.2 Å². The number of carbonyl (C=O) groups excluding carboxylic acids is 1. The molecule has 0 saturated carbocycles. The number of anilines is 1. The summed E-state index contributed by atoms with van der Waals surface area (Å²) in [6, 6.07) is 7.10. The number of urea groups is 1. The Bertz CT molecular complexity index is 1050. The average molecular weight is 361 g/mol. The topological polar surface area (TPSA) is 126 Å². The van der Waals surface area contributed by atoms with Crippen LogP contribution in [0.25, 0.3) is 10.9 Å². The van der Waals surface area contributed by atoms with Crippen molar-refractivity contribution in [1.82, 2.24) is 19.7 Å². The van der Waals surface area contributed by atoms with E-state index in [2.05, 4.69) is 20.3 Å². The second kappa shape index (κ2) is 6.40. The van der Waals surface area contributed by atoms with E-state index in [0.717, 1.165) is 5.39 Å². The summed E-state index contributed by atoms with van der Waals surface area (Å²) in [6.45, 7) is 1.69. The Labute approximate surface area is 143 Å². The number of methoxy groups -OCH3 is 1. The predicted octanol–water partition coefficient (Wildman–Crippen LogP) is 1.79. The van der Waals surface area contributed by atoms with Gasteiger partial charge < -0.3 is 9.72 Å². The van der Waals surface area contributed by atoms with Gasteiger partial charge in [0.15, 0.2) is 0 Å². The van der Waals surface area contributed by atoms with Crippen LogP contribution in [0.5, 0.6) is 5.88 Å². The van der Waals surface area contributed by atoms with Gasteiger partial charge in [0.25, 0.3) is 10.0 Å². The molecule has 3 aromatic rings. The standard InChI is InChI=1S/C15H15N5O4S/c1-9-8-12(24-2)18-14(17-9)19-15(21)20-25(22,23)11-5-3-4-10-6-7-16-13(10)11/h3-8,16H,1-2H3,(H2,17,18,19,20,21). The van der Waals surface area contributed by atoms with Crippen molar-refractivity contribution < 1.29 is 17.9 Å². The second-order valence-electron chi connectivity index (χ2n) is 5.13. The molecule has 2 amide bonds. The molecule has 0 atom stereocenters. The van der Waals surface area contributed by atoms with Crippen LogP contribution in [0.4, 0.5) is 10.7 Å². The lowest BCUT2D eigenvalue weighted by molar-refractivity contribution is 0.256. The quantitative estimate of drug-likeness (QED) is 0.650. The van der Waals surface area contributed by atoms with Gasteiger partial charge >= 0.3 is 6.03 Å². The Morgan fingerprint density at radius 3 is 2.80 bits per heavy atom. The van der Waals surface area contributed by atoms with Crippen LogP contribution in [-0.2, 0) is 10.0 Å². The molecule has 0 fully saturated rings. The summed E-state index contributed by atoms with van der Waals surface area (Å²) in [5.74, 6) is 0.185. The van der Waals surface area contributed by atoms with Crippen LogP contribution in [-0.4, -0.2) is 36.5 Å². The lowest BCUT2D eigenvalue weighted by Crippen LogP contribution is -2.35. The summed E-state index contributed by atoms with van der Waals surface area (Å²) in [4.78, 5) is 22.8. The highest BCUT2D eigenvalue weighted by atomic mass is 32.2. The molecule has 0 saturated heterocycles. The van der Waals surface area contributed by atoms with Crippen molar-refractivity contribution in [1.29, 1.82) is 0 Å². The van der Waals surface area contributed by atoms with Gasteiger partial charge in [0.2, 0.25) is 11.8 Å². The molecule has 0 aliphatic heterocycles. The van der Waals surface area contributed by atoms with Gasteiger partial charge in [-0.05, 0) is 19.1 Å². The second-order valence-corrected chi connectivity index (χ2v) is 6.78. The van der Waals surface area contributed by atoms with E-state index in [0.29, 0.717) is 11.2 Å². The molecule has 10 heteroatoms. The monoisotopic (exact) mass is 361 g/mol. The Hall–Kier alpha value is -3.14. The Balaban J connectivity index is 1.83. The number of amides is 2. The summed E-state index contributed by atoms with van der Waals surface area (Å²) in [5, 5.41) is 3.00. The van der Waals surface area contributed by atoms with Crippen molar-refractivity contribution in [2.24, 2.45) is 0 Å². The lowest BCUT2D eigenvalue weighted by atomic mass is 10.2. The number of sulfonamides is 1. The Kier molecular flexibility index (Phi) is 4.28. The zero-order valence-corrected chi connectivity index (χ0v) is 14.2. The number of aryl methyl sites for hydroxylation is 1. The van der Waals surface area contributed by atoms with E-state index in [1.54, 1.807) is 37.4 Å². The third-order valence-corrected chi connectivity index (χ3v) is 4.70. The SMILES string of the molecule is COc1cc(C)nc(NC(=O)NS(=O)(=O)c2cccc3cc[nH]c23)n1. The van der Waals surface area contributed by atoms with E-state index in [1.165, 1.54) is 13.2 Å².